The molecule has 1 aromatic heterocycles. The third kappa shape index (κ3) is 3.92. The quantitative estimate of drug-likeness (QED) is 0.675. The van der Waals surface area contributed by atoms with Crippen molar-refractivity contribution in [3.63, 3.8) is 0 Å². The molecule has 0 unspecified atom stereocenters. The lowest BCUT2D eigenvalue weighted by atomic mass is 10.0. The third-order valence-corrected chi connectivity index (χ3v) is 6.18. The molecule has 0 radical (unpaired) electrons. The Morgan fingerprint density at radius 2 is 1.57 bits per heavy atom. The Hall–Kier alpha value is -3.21. The number of carbonyl (C=O) groups excluding carboxylic acids is 1. The van der Waals surface area contributed by atoms with Crippen molar-refractivity contribution in [3.8, 4) is 11.1 Å². The van der Waals surface area contributed by atoms with E-state index in [1.807, 2.05) is 23.1 Å². The van der Waals surface area contributed by atoms with Crippen LogP contribution in [0.1, 0.15) is 23.2 Å². The summed E-state index contributed by atoms with van der Waals surface area (Å²) >= 11 is 0. The van der Waals surface area contributed by atoms with E-state index in [0.717, 1.165) is 56.1 Å². The van der Waals surface area contributed by atoms with E-state index >= 15 is 0 Å². The number of aryl methyl sites for hydroxylation is 2. The number of nitrogens with zero attached hydrogens (tertiary/aromatic N) is 4. The Morgan fingerprint density at radius 3 is 2.33 bits per heavy atom. The van der Waals surface area contributed by atoms with Crippen LogP contribution in [-0.2, 0) is 24.1 Å². The molecule has 1 aliphatic carbocycles. The summed E-state index contributed by atoms with van der Waals surface area (Å²) in [6, 6.07) is 20.8. The van der Waals surface area contributed by atoms with Crippen molar-refractivity contribution in [1.82, 2.24) is 15.1 Å². The van der Waals surface area contributed by atoms with Gasteiger partial charge in [-0.05, 0) is 47.6 Å². The molecule has 5 rings (SSSR count). The van der Waals surface area contributed by atoms with E-state index in [-0.39, 0.29) is 5.91 Å². The minimum absolute atomic E-state index is 0.196. The van der Waals surface area contributed by atoms with Gasteiger partial charge >= 0.3 is 0 Å². The predicted molar refractivity (Wildman–Crippen MR) is 118 cm³/mol. The van der Waals surface area contributed by atoms with Gasteiger partial charge in [0.1, 0.15) is 0 Å². The normalized spacial score (nSPS) is 15.9. The largest absolute Gasteiger partial charge is 0.352 e. The summed E-state index contributed by atoms with van der Waals surface area (Å²) in [7, 11) is 0. The summed E-state index contributed by atoms with van der Waals surface area (Å²) in [6.45, 7) is 3.09. The minimum atomic E-state index is 0.196. The van der Waals surface area contributed by atoms with Gasteiger partial charge in [-0.3, -0.25) is 4.79 Å². The number of hydrogen-bond acceptors (Lipinski definition) is 4. The van der Waals surface area contributed by atoms with Gasteiger partial charge in [-0.15, -0.1) is 5.10 Å². The molecule has 1 amide bonds. The maximum absolute atomic E-state index is 12.8. The highest BCUT2D eigenvalue weighted by molar-refractivity contribution is 5.79. The van der Waals surface area contributed by atoms with Gasteiger partial charge in [0, 0.05) is 26.2 Å². The lowest BCUT2D eigenvalue weighted by Crippen LogP contribution is -2.49. The number of aromatic nitrogens is 2. The Balaban J connectivity index is 1.17. The fourth-order valence-corrected chi connectivity index (χ4v) is 4.39. The third-order valence-electron chi connectivity index (χ3n) is 6.18. The zero-order valence-electron chi connectivity index (χ0n) is 17.1. The number of benzene rings is 2. The van der Waals surface area contributed by atoms with E-state index in [0.29, 0.717) is 6.42 Å². The predicted octanol–water partition coefficient (Wildman–Crippen LogP) is 3.52. The fraction of sp³-hybridized carbons (Fsp3) is 0.320. The number of anilines is 1. The molecule has 3 aromatic rings. The van der Waals surface area contributed by atoms with Crippen molar-refractivity contribution in [3.05, 3.63) is 77.5 Å². The molecule has 0 N–H and O–H groups in total. The van der Waals surface area contributed by atoms with Crippen LogP contribution < -0.4 is 4.90 Å². The van der Waals surface area contributed by atoms with Crippen molar-refractivity contribution in [2.24, 2.45) is 0 Å². The highest BCUT2D eigenvalue weighted by atomic mass is 16.2. The molecule has 5 heteroatoms. The van der Waals surface area contributed by atoms with Gasteiger partial charge in [-0.1, -0.05) is 54.6 Å². The van der Waals surface area contributed by atoms with Crippen LogP contribution in [0.3, 0.4) is 0 Å². The molecule has 2 aliphatic rings. The van der Waals surface area contributed by atoms with Crippen molar-refractivity contribution >= 4 is 11.7 Å². The van der Waals surface area contributed by atoms with Crippen LogP contribution in [0, 0.1) is 0 Å². The fourth-order valence-electron chi connectivity index (χ4n) is 4.39. The molecule has 0 bridgehead atoms. The van der Waals surface area contributed by atoms with E-state index in [1.165, 1.54) is 23.1 Å². The molecule has 2 aromatic carbocycles. The van der Waals surface area contributed by atoms with E-state index in [2.05, 4.69) is 57.6 Å². The number of carbonyl (C=O) groups is 1. The van der Waals surface area contributed by atoms with Crippen molar-refractivity contribution in [2.75, 3.05) is 31.1 Å². The first kappa shape index (κ1) is 18.8. The minimum Gasteiger partial charge on any atom is -0.352 e. The maximum atomic E-state index is 12.8. The number of amides is 1. The Labute approximate surface area is 177 Å². The van der Waals surface area contributed by atoms with Crippen LogP contribution in [0.5, 0.6) is 0 Å². The standard InChI is InChI=1S/C25H26N4O/c30-25(17-19-9-11-21(12-10-19)20-5-2-1-3-6-20)29-15-13-28(14-16-29)24-18-22-7-4-8-23(22)26-27-24/h1-3,5-6,9-12,18H,4,7-8,13-17H2. The van der Waals surface area contributed by atoms with Crippen molar-refractivity contribution in [2.45, 2.75) is 25.7 Å². The number of hydrogen-bond donors (Lipinski definition) is 0. The first-order valence-electron chi connectivity index (χ1n) is 10.8. The van der Waals surface area contributed by atoms with Crippen LogP contribution in [-0.4, -0.2) is 47.2 Å². The zero-order chi connectivity index (χ0) is 20.3. The summed E-state index contributed by atoms with van der Waals surface area (Å²) in [5.74, 6) is 1.15. The van der Waals surface area contributed by atoms with Gasteiger partial charge < -0.3 is 9.80 Å². The van der Waals surface area contributed by atoms with Crippen molar-refractivity contribution < 1.29 is 4.79 Å². The van der Waals surface area contributed by atoms with Crippen LogP contribution in [0.2, 0.25) is 0 Å². The van der Waals surface area contributed by atoms with Crippen LogP contribution in [0.4, 0.5) is 5.82 Å². The monoisotopic (exact) mass is 398 g/mol. The van der Waals surface area contributed by atoms with Crippen LogP contribution >= 0.6 is 0 Å². The summed E-state index contributed by atoms with van der Waals surface area (Å²) in [5.41, 5.74) is 5.94. The highest BCUT2D eigenvalue weighted by Crippen LogP contribution is 2.24. The van der Waals surface area contributed by atoms with Gasteiger partial charge in [-0.2, -0.15) is 5.10 Å². The highest BCUT2D eigenvalue weighted by Gasteiger charge is 2.23. The molecule has 5 nitrogen and oxygen atoms in total. The lowest BCUT2D eigenvalue weighted by Gasteiger charge is -2.35. The van der Waals surface area contributed by atoms with Gasteiger partial charge in [0.2, 0.25) is 5.91 Å². The SMILES string of the molecule is O=C(Cc1ccc(-c2ccccc2)cc1)N1CCN(c2cc3c(nn2)CCC3)CC1. The Morgan fingerprint density at radius 1 is 0.833 bits per heavy atom. The first-order chi connectivity index (χ1) is 14.8. The second kappa shape index (κ2) is 8.27. The average molecular weight is 399 g/mol. The summed E-state index contributed by atoms with van der Waals surface area (Å²) in [6.07, 6.45) is 3.80. The van der Waals surface area contributed by atoms with Crippen LogP contribution in [0.25, 0.3) is 11.1 Å². The molecule has 0 saturated carbocycles. The maximum Gasteiger partial charge on any atom is 0.227 e. The van der Waals surface area contributed by atoms with E-state index < -0.39 is 0 Å². The second-order valence-corrected chi connectivity index (χ2v) is 8.14. The van der Waals surface area contributed by atoms with E-state index in [1.54, 1.807) is 0 Å². The molecule has 1 saturated heterocycles. The Kier molecular flexibility index (Phi) is 5.18. The first-order valence-corrected chi connectivity index (χ1v) is 10.8. The van der Waals surface area contributed by atoms with Gasteiger partial charge in [0.15, 0.2) is 5.82 Å². The molecule has 0 spiro atoms. The second-order valence-electron chi connectivity index (χ2n) is 8.14. The van der Waals surface area contributed by atoms with E-state index in [9.17, 15) is 4.79 Å². The molecule has 30 heavy (non-hydrogen) atoms. The molecule has 1 fully saturated rings. The lowest BCUT2D eigenvalue weighted by molar-refractivity contribution is -0.130. The summed E-state index contributed by atoms with van der Waals surface area (Å²) < 4.78 is 0. The summed E-state index contributed by atoms with van der Waals surface area (Å²) in [5, 5.41) is 8.82. The molecular weight excluding hydrogens is 372 g/mol. The topological polar surface area (TPSA) is 49.3 Å². The number of piperazine rings is 1. The van der Waals surface area contributed by atoms with Gasteiger partial charge in [0.25, 0.3) is 0 Å². The smallest absolute Gasteiger partial charge is 0.227 e. The Bertz CT molecular complexity index is 1020. The molecular formula is C25H26N4O. The molecule has 1 aliphatic heterocycles. The average Bonchev–Trinajstić information content (AvgIpc) is 3.28. The summed E-state index contributed by atoms with van der Waals surface area (Å²) in [4.78, 5) is 17.0. The number of fused-ring (bicyclic) bond motifs is 1. The van der Waals surface area contributed by atoms with E-state index in [4.69, 9.17) is 0 Å². The molecule has 152 valence electrons. The van der Waals surface area contributed by atoms with Crippen LogP contribution in [0.15, 0.2) is 60.7 Å². The molecule has 0 atom stereocenters. The zero-order valence-corrected chi connectivity index (χ0v) is 17.1. The van der Waals surface area contributed by atoms with Crippen molar-refractivity contribution in [1.29, 1.82) is 0 Å². The van der Waals surface area contributed by atoms with Gasteiger partial charge in [-0.25, -0.2) is 0 Å². The van der Waals surface area contributed by atoms with Gasteiger partial charge in [0.05, 0.1) is 12.1 Å². The molecule has 2 heterocycles. The number of rotatable bonds is 4.